The van der Waals surface area contributed by atoms with Gasteiger partial charge in [-0.25, -0.2) is 0 Å². The first-order valence-electron chi connectivity index (χ1n) is 4.11. The van der Waals surface area contributed by atoms with Crippen molar-refractivity contribution in [3.63, 3.8) is 0 Å². The van der Waals surface area contributed by atoms with Crippen LogP contribution in [0.4, 0.5) is 0 Å². The van der Waals surface area contributed by atoms with Gasteiger partial charge in [-0.2, -0.15) is 0 Å². The lowest BCUT2D eigenvalue weighted by molar-refractivity contribution is -0.142. The number of carbonyl (C=O) groups is 1. The maximum atomic E-state index is 11.0. The first-order chi connectivity index (χ1) is 5.27. The Balaban J connectivity index is 2.35. The fourth-order valence-corrected chi connectivity index (χ4v) is 1.47. The van der Waals surface area contributed by atoms with E-state index >= 15 is 0 Å². The van der Waals surface area contributed by atoms with Crippen molar-refractivity contribution in [2.45, 2.75) is 38.3 Å². The molecule has 1 saturated heterocycles. The molecular formula is C8H15NO2. The third-order valence-corrected chi connectivity index (χ3v) is 2.22. The number of methoxy groups -OCH3 is 1. The standard InChI is InChI=1S/C8H15NO2/c1-3-6-4-5-7(9-6)8(10)11-2/h6-7,9H,3-5H2,1-2H3/t6-,7-/m0/s1. The number of hydrogen-bond acceptors (Lipinski definition) is 3. The predicted octanol–water partition coefficient (Wildman–Crippen LogP) is 0.690. The summed E-state index contributed by atoms with van der Waals surface area (Å²) in [5.41, 5.74) is 0. The molecule has 0 aliphatic carbocycles. The first-order valence-corrected chi connectivity index (χ1v) is 4.11. The molecule has 64 valence electrons. The molecular weight excluding hydrogens is 142 g/mol. The van der Waals surface area contributed by atoms with Gasteiger partial charge in [0.15, 0.2) is 0 Å². The van der Waals surface area contributed by atoms with Gasteiger partial charge in [0.2, 0.25) is 0 Å². The van der Waals surface area contributed by atoms with E-state index in [-0.39, 0.29) is 12.0 Å². The molecule has 0 amide bonds. The molecule has 11 heavy (non-hydrogen) atoms. The van der Waals surface area contributed by atoms with Gasteiger partial charge in [-0.15, -0.1) is 0 Å². The van der Waals surface area contributed by atoms with Crippen molar-refractivity contribution in [1.82, 2.24) is 5.32 Å². The molecule has 3 nitrogen and oxygen atoms in total. The van der Waals surface area contributed by atoms with E-state index in [4.69, 9.17) is 0 Å². The largest absolute Gasteiger partial charge is 0.468 e. The third kappa shape index (κ3) is 1.93. The van der Waals surface area contributed by atoms with Crippen LogP contribution in [0.2, 0.25) is 0 Å². The number of nitrogens with one attached hydrogen (secondary N) is 1. The van der Waals surface area contributed by atoms with E-state index in [0.717, 1.165) is 19.3 Å². The van der Waals surface area contributed by atoms with Gasteiger partial charge in [0.25, 0.3) is 0 Å². The van der Waals surface area contributed by atoms with Crippen molar-refractivity contribution in [3.8, 4) is 0 Å². The topological polar surface area (TPSA) is 38.3 Å². The molecule has 1 rings (SSSR count). The Hall–Kier alpha value is -0.570. The Morgan fingerprint density at radius 1 is 1.64 bits per heavy atom. The molecule has 0 saturated carbocycles. The zero-order valence-corrected chi connectivity index (χ0v) is 7.09. The molecule has 0 aromatic heterocycles. The lowest BCUT2D eigenvalue weighted by atomic mass is 10.1. The van der Waals surface area contributed by atoms with Gasteiger partial charge in [-0.1, -0.05) is 6.92 Å². The van der Waals surface area contributed by atoms with Crippen LogP contribution in [0.15, 0.2) is 0 Å². The third-order valence-electron chi connectivity index (χ3n) is 2.22. The molecule has 2 atom stereocenters. The molecule has 1 aliphatic rings. The predicted molar refractivity (Wildman–Crippen MR) is 42.3 cm³/mol. The minimum Gasteiger partial charge on any atom is -0.468 e. The van der Waals surface area contributed by atoms with Gasteiger partial charge >= 0.3 is 5.97 Å². The van der Waals surface area contributed by atoms with E-state index in [1.165, 1.54) is 7.11 Å². The zero-order chi connectivity index (χ0) is 8.27. The van der Waals surface area contributed by atoms with E-state index in [2.05, 4.69) is 17.0 Å². The second kappa shape index (κ2) is 3.72. The van der Waals surface area contributed by atoms with Crippen molar-refractivity contribution >= 4 is 5.97 Å². The monoisotopic (exact) mass is 157 g/mol. The summed E-state index contributed by atoms with van der Waals surface area (Å²) in [7, 11) is 1.43. The van der Waals surface area contributed by atoms with Crippen molar-refractivity contribution in [3.05, 3.63) is 0 Å². The molecule has 1 aliphatic heterocycles. The molecule has 0 spiro atoms. The average molecular weight is 157 g/mol. The van der Waals surface area contributed by atoms with Gasteiger partial charge in [-0.05, 0) is 19.3 Å². The summed E-state index contributed by atoms with van der Waals surface area (Å²) in [5.74, 6) is -0.124. The smallest absolute Gasteiger partial charge is 0.322 e. The molecule has 0 radical (unpaired) electrons. The second-order valence-electron chi connectivity index (χ2n) is 2.92. The van der Waals surface area contributed by atoms with Crippen LogP contribution in [0.1, 0.15) is 26.2 Å². The highest BCUT2D eigenvalue weighted by molar-refractivity contribution is 5.76. The Morgan fingerprint density at radius 3 is 2.82 bits per heavy atom. The minimum absolute atomic E-state index is 0.0510. The molecule has 0 unspecified atom stereocenters. The van der Waals surface area contributed by atoms with E-state index in [1.54, 1.807) is 0 Å². The first kappa shape index (κ1) is 8.53. The quantitative estimate of drug-likeness (QED) is 0.599. The van der Waals surface area contributed by atoms with Crippen LogP contribution in [-0.4, -0.2) is 25.2 Å². The highest BCUT2D eigenvalue weighted by Gasteiger charge is 2.28. The van der Waals surface area contributed by atoms with Gasteiger partial charge in [0.1, 0.15) is 6.04 Å². The summed E-state index contributed by atoms with van der Waals surface area (Å²) in [6.07, 6.45) is 3.11. The van der Waals surface area contributed by atoms with E-state index in [0.29, 0.717) is 6.04 Å². The molecule has 0 bridgehead atoms. The van der Waals surface area contributed by atoms with Crippen LogP contribution in [0.3, 0.4) is 0 Å². The zero-order valence-electron chi connectivity index (χ0n) is 7.09. The Bertz CT molecular complexity index is 147. The number of hydrogen-bond donors (Lipinski definition) is 1. The Labute approximate surface area is 67.1 Å². The molecule has 1 N–H and O–H groups in total. The summed E-state index contributed by atoms with van der Waals surface area (Å²) in [4.78, 5) is 11.0. The average Bonchev–Trinajstić information content (AvgIpc) is 2.50. The van der Waals surface area contributed by atoms with E-state index in [1.807, 2.05) is 0 Å². The Morgan fingerprint density at radius 2 is 2.36 bits per heavy atom. The highest BCUT2D eigenvalue weighted by Crippen LogP contribution is 2.15. The van der Waals surface area contributed by atoms with Crippen LogP contribution in [-0.2, 0) is 9.53 Å². The highest BCUT2D eigenvalue weighted by atomic mass is 16.5. The van der Waals surface area contributed by atoms with Crippen molar-refractivity contribution in [1.29, 1.82) is 0 Å². The van der Waals surface area contributed by atoms with E-state index in [9.17, 15) is 4.79 Å². The molecule has 3 heteroatoms. The Kier molecular flexibility index (Phi) is 2.88. The molecule has 0 aromatic rings. The second-order valence-corrected chi connectivity index (χ2v) is 2.92. The maximum Gasteiger partial charge on any atom is 0.322 e. The van der Waals surface area contributed by atoms with Crippen LogP contribution >= 0.6 is 0 Å². The lowest BCUT2D eigenvalue weighted by Gasteiger charge is -2.09. The maximum absolute atomic E-state index is 11.0. The van der Waals surface area contributed by atoms with E-state index < -0.39 is 0 Å². The van der Waals surface area contributed by atoms with Crippen LogP contribution < -0.4 is 5.32 Å². The van der Waals surface area contributed by atoms with Crippen LogP contribution in [0.5, 0.6) is 0 Å². The van der Waals surface area contributed by atoms with Crippen LogP contribution in [0, 0.1) is 0 Å². The van der Waals surface area contributed by atoms with Crippen molar-refractivity contribution < 1.29 is 9.53 Å². The van der Waals surface area contributed by atoms with Crippen molar-refractivity contribution in [2.24, 2.45) is 0 Å². The number of ether oxygens (including phenoxy) is 1. The SMILES string of the molecule is CC[C@H]1CC[C@@H](C(=O)OC)N1. The summed E-state index contributed by atoms with van der Waals surface area (Å²) < 4.78 is 4.63. The molecule has 1 heterocycles. The van der Waals surface area contributed by atoms with Gasteiger partial charge in [-0.3, -0.25) is 4.79 Å². The van der Waals surface area contributed by atoms with Gasteiger partial charge in [0, 0.05) is 6.04 Å². The molecule has 0 aromatic carbocycles. The number of rotatable bonds is 2. The van der Waals surface area contributed by atoms with Crippen molar-refractivity contribution in [2.75, 3.05) is 7.11 Å². The normalized spacial score (nSPS) is 30.4. The van der Waals surface area contributed by atoms with Gasteiger partial charge < -0.3 is 10.1 Å². The summed E-state index contributed by atoms with van der Waals surface area (Å²) in [5, 5.41) is 3.22. The van der Waals surface area contributed by atoms with Crippen LogP contribution in [0.25, 0.3) is 0 Å². The molecule has 1 fully saturated rings. The number of esters is 1. The lowest BCUT2D eigenvalue weighted by Crippen LogP contribution is -2.35. The van der Waals surface area contributed by atoms with Gasteiger partial charge in [0.05, 0.1) is 7.11 Å². The number of carbonyl (C=O) groups excluding carboxylic acids is 1. The fourth-order valence-electron chi connectivity index (χ4n) is 1.47. The summed E-state index contributed by atoms with van der Waals surface area (Å²) >= 11 is 0. The minimum atomic E-state index is -0.124. The summed E-state index contributed by atoms with van der Waals surface area (Å²) in [6, 6.07) is 0.462. The summed E-state index contributed by atoms with van der Waals surface area (Å²) in [6.45, 7) is 2.12. The fraction of sp³-hybridized carbons (Fsp3) is 0.875.